The lowest BCUT2D eigenvalue weighted by Gasteiger charge is -2.11. The van der Waals surface area contributed by atoms with Gasteiger partial charge in [0.05, 0.1) is 10.7 Å². The first-order chi connectivity index (χ1) is 14.8. The molecule has 4 rings (SSSR count). The SMILES string of the molecule is Cc1cc(C)n(-c2ccc(Nc3ccc(NS(=O)(=O)c4ccccc4Cl)cc3)nn2)n1. The van der Waals surface area contributed by atoms with Crippen molar-refractivity contribution in [3.05, 3.63) is 83.1 Å². The van der Waals surface area contributed by atoms with Crippen LogP contribution < -0.4 is 10.0 Å². The summed E-state index contributed by atoms with van der Waals surface area (Å²) in [5, 5.41) is 16.1. The molecule has 31 heavy (non-hydrogen) atoms. The molecular weight excluding hydrogens is 436 g/mol. The predicted octanol–water partition coefficient (Wildman–Crippen LogP) is 4.48. The van der Waals surface area contributed by atoms with E-state index < -0.39 is 10.0 Å². The molecule has 0 radical (unpaired) electrons. The molecule has 0 spiro atoms. The third kappa shape index (κ3) is 4.68. The zero-order valence-electron chi connectivity index (χ0n) is 16.7. The van der Waals surface area contributed by atoms with E-state index in [1.54, 1.807) is 47.1 Å². The molecule has 0 saturated heterocycles. The van der Waals surface area contributed by atoms with Crippen LogP contribution in [0.3, 0.4) is 0 Å². The molecular formula is C21H19ClN6O2S. The molecule has 0 fully saturated rings. The van der Waals surface area contributed by atoms with Gasteiger partial charge in [0.1, 0.15) is 4.90 Å². The van der Waals surface area contributed by atoms with Crippen LogP contribution in [0.5, 0.6) is 0 Å². The number of sulfonamides is 1. The van der Waals surface area contributed by atoms with Crippen molar-refractivity contribution in [1.82, 2.24) is 20.0 Å². The Kier molecular flexibility index (Phi) is 5.62. The molecule has 8 nitrogen and oxygen atoms in total. The van der Waals surface area contributed by atoms with Gasteiger partial charge in [-0.15, -0.1) is 10.2 Å². The summed E-state index contributed by atoms with van der Waals surface area (Å²) in [6, 6.07) is 18.6. The zero-order chi connectivity index (χ0) is 22.0. The number of nitrogens with zero attached hydrogens (tertiary/aromatic N) is 4. The van der Waals surface area contributed by atoms with Crippen LogP contribution in [0.4, 0.5) is 17.2 Å². The van der Waals surface area contributed by atoms with Crippen LogP contribution in [-0.2, 0) is 10.0 Å². The summed E-state index contributed by atoms with van der Waals surface area (Å²) in [6.45, 7) is 3.88. The third-order valence-corrected chi connectivity index (χ3v) is 6.29. The van der Waals surface area contributed by atoms with Gasteiger partial charge in [0.15, 0.2) is 11.6 Å². The highest BCUT2D eigenvalue weighted by Gasteiger charge is 2.17. The number of hydrogen-bond donors (Lipinski definition) is 2. The quantitative estimate of drug-likeness (QED) is 0.445. The molecule has 0 aliphatic heterocycles. The average molecular weight is 455 g/mol. The number of halogens is 1. The molecule has 2 aromatic heterocycles. The number of rotatable bonds is 6. The van der Waals surface area contributed by atoms with Gasteiger partial charge in [0, 0.05) is 17.1 Å². The van der Waals surface area contributed by atoms with Gasteiger partial charge in [-0.3, -0.25) is 4.72 Å². The first kappa shape index (κ1) is 20.8. The molecule has 2 aromatic carbocycles. The Morgan fingerprint density at radius 1 is 0.903 bits per heavy atom. The van der Waals surface area contributed by atoms with E-state index in [4.69, 9.17) is 11.6 Å². The molecule has 0 amide bonds. The van der Waals surface area contributed by atoms with Crippen molar-refractivity contribution in [2.75, 3.05) is 10.0 Å². The fourth-order valence-corrected chi connectivity index (χ4v) is 4.59. The van der Waals surface area contributed by atoms with Crippen LogP contribution in [0.2, 0.25) is 5.02 Å². The van der Waals surface area contributed by atoms with Crippen molar-refractivity contribution in [3.63, 3.8) is 0 Å². The molecule has 0 aliphatic carbocycles. The molecule has 0 saturated carbocycles. The highest BCUT2D eigenvalue weighted by atomic mass is 35.5. The Morgan fingerprint density at radius 2 is 1.61 bits per heavy atom. The van der Waals surface area contributed by atoms with Crippen LogP contribution in [0.1, 0.15) is 11.4 Å². The van der Waals surface area contributed by atoms with Crippen LogP contribution in [-0.4, -0.2) is 28.4 Å². The molecule has 10 heteroatoms. The van der Waals surface area contributed by atoms with Crippen molar-refractivity contribution in [1.29, 1.82) is 0 Å². The summed E-state index contributed by atoms with van der Waals surface area (Å²) in [4.78, 5) is 0.0249. The summed E-state index contributed by atoms with van der Waals surface area (Å²) in [5.74, 6) is 1.18. The summed E-state index contributed by atoms with van der Waals surface area (Å²) >= 11 is 6.00. The Hall–Kier alpha value is -3.43. The normalized spacial score (nSPS) is 11.3. The smallest absolute Gasteiger partial charge is 0.263 e. The van der Waals surface area contributed by atoms with Crippen LogP contribution >= 0.6 is 11.6 Å². The van der Waals surface area contributed by atoms with E-state index in [2.05, 4.69) is 25.3 Å². The number of anilines is 3. The molecule has 4 aromatic rings. The second kappa shape index (κ2) is 8.37. The Labute approximate surface area is 185 Å². The number of benzene rings is 2. The minimum Gasteiger partial charge on any atom is -0.339 e. The lowest BCUT2D eigenvalue weighted by molar-refractivity contribution is 0.601. The average Bonchev–Trinajstić information content (AvgIpc) is 3.08. The minimum absolute atomic E-state index is 0.0249. The zero-order valence-corrected chi connectivity index (χ0v) is 18.3. The second-order valence-corrected chi connectivity index (χ2v) is 8.91. The van der Waals surface area contributed by atoms with Gasteiger partial charge in [-0.05, 0) is 68.4 Å². The van der Waals surface area contributed by atoms with Gasteiger partial charge >= 0.3 is 0 Å². The van der Waals surface area contributed by atoms with Crippen LogP contribution in [0.15, 0.2) is 71.6 Å². The fraction of sp³-hybridized carbons (Fsp3) is 0.0952. The van der Waals surface area contributed by atoms with Gasteiger partial charge in [-0.1, -0.05) is 23.7 Å². The fourth-order valence-electron chi connectivity index (χ4n) is 3.01. The van der Waals surface area contributed by atoms with Crippen LogP contribution in [0, 0.1) is 13.8 Å². The first-order valence-corrected chi connectivity index (χ1v) is 11.2. The van der Waals surface area contributed by atoms with Crippen molar-refractivity contribution >= 4 is 38.8 Å². The highest BCUT2D eigenvalue weighted by molar-refractivity contribution is 7.92. The van der Waals surface area contributed by atoms with Crippen molar-refractivity contribution in [3.8, 4) is 5.82 Å². The van der Waals surface area contributed by atoms with Crippen LogP contribution in [0.25, 0.3) is 5.82 Å². The van der Waals surface area contributed by atoms with E-state index in [1.807, 2.05) is 26.0 Å². The topological polar surface area (TPSA) is 102 Å². The monoisotopic (exact) mass is 454 g/mol. The number of hydrogen-bond acceptors (Lipinski definition) is 6. The molecule has 0 bridgehead atoms. The number of aryl methyl sites for hydroxylation is 2. The largest absolute Gasteiger partial charge is 0.339 e. The minimum atomic E-state index is -3.78. The van der Waals surface area contributed by atoms with Gasteiger partial charge < -0.3 is 5.32 Å². The maximum Gasteiger partial charge on any atom is 0.263 e. The van der Waals surface area contributed by atoms with Gasteiger partial charge in [-0.25, -0.2) is 13.1 Å². The van der Waals surface area contributed by atoms with E-state index in [0.29, 0.717) is 17.3 Å². The summed E-state index contributed by atoms with van der Waals surface area (Å²) in [6.07, 6.45) is 0. The summed E-state index contributed by atoms with van der Waals surface area (Å²) in [7, 11) is -3.78. The maximum atomic E-state index is 12.5. The lowest BCUT2D eigenvalue weighted by atomic mass is 10.3. The van der Waals surface area contributed by atoms with E-state index in [9.17, 15) is 8.42 Å². The van der Waals surface area contributed by atoms with Crippen molar-refractivity contribution < 1.29 is 8.42 Å². The molecule has 2 N–H and O–H groups in total. The molecule has 0 atom stereocenters. The third-order valence-electron chi connectivity index (χ3n) is 4.41. The summed E-state index contributed by atoms with van der Waals surface area (Å²) in [5.41, 5.74) is 3.03. The molecule has 158 valence electrons. The Balaban J connectivity index is 1.45. The van der Waals surface area contributed by atoms with E-state index in [1.165, 1.54) is 12.1 Å². The number of nitrogens with one attached hydrogen (secondary N) is 2. The number of aromatic nitrogens is 4. The van der Waals surface area contributed by atoms with Crippen molar-refractivity contribution in [2.24, 2.45) is 0 Å². The van der Waals surface area contributed by atoms with Gasteiger partial charge in [-0.2, -0.15) is 5.10 Å². The lowest BCUT2D eigenvalue weighted by Crippen LogP contribution is -2.13. The molecule has 0 unspecified atom stereocenters. The first-order valence-electron chi connectivity index (χ1n) is 9.34. The van der Waals surface area contributed by atoms with Gasteiger partial charge in [0.25, 0.3) is 10.0 Å². The highest BCUT2D eigenvalue weighted by Crippen LogP contribution is 2.24. The summed E-state index contributed by atoms with van der Waals surface area (Å²) < 4.78 is 29.3. The maximum absolute atomic E-state index is 12.5. The molecule has 0 aliphatic rings. The predicted molar refractivity (Wildman–Crippen MR) is 121 cm³/mol. The van der Waals surface area contributed by atoms with E-state index in [-0.39, 0.29) is 9.92 Å². The second-order valence-electron chi connectivity index (χ2n) is 6.85. The van der Waals surface area contributed by atoms with E-state index >= 15 is 0 Å². The molecule has 2 heterocycles. The Bertz CT molecular complexity index is 1320. The van der Waals surface area contributed by atoms with Gasteiger partial charge in [0.2, 0.25) is 0 Å². The van der Waals surface area contributed by atoms with Crippen molar-refractivity contribution in [2.45, 2.75) is 18.7 Å². The van der Waals surface area contributed by atoms with E-state index in [0.717, 1.165) is 17.1 Å². The standard InChI is InChI=1S/C21H19ClN6O2S/c1-14-13-15(2)28(26-14)21-12-11-20(24-25-21)23-16-7-9-17(10-8-16)27-31(29,30)19-6-4-3-5-18(19)22/h3-13,27H,1-2H3,(H,23,24). The Morgan fingerprint density at radius 3 is 2.23 bits per heavy atom.